The molecule has 3 heterocycles. The van der Waals surface area contributed by atoms with Crippen molar-refractivity contribution in [2.45, 2.75) is 31.5 Å². The van der Waals surface area contributed by atoms with E-state index in [9.17, 15) is 9.59 Å². The third-order valence-corrected chi connectivity index (χ3v) is 4.11. The Hall–Kier alpha value is -2.06. The zero-order valence-electron chi connectivity index (χ0n) is 12.5. The van der Waals surface area contributed by atoms with Gasteiger partial charge in [-0.05, 0) is 25.0 Å². The molecule has 0 aromatic carbocycles. The van der Waals surface area contributed by atoms with Crippen LogP contribution >= 0.6 is 0 Å². The summed E-state index contributed by atoms with van der Waals surface area (Å²) in [6.45, 7) is 1.54. The Labute approximate surface area is 128 Å². The molecule has 0 unspecified atom stereocenters. The highest BCUT2D eigenvalue weighted by Gasteiger charge is 2.47. The van der Waals surface area contributed by atoms with Crippen molar-refractivity contribution >= 4 is 11.9 Å². The number of nitrogens with zero attached hydrogens (tertiary/aromatic N) is 3. The number of rotatable bonds is 6. The van der Waals surface area contributed by atoms with Crippen molar-refractivity contribution in [1.29, 1.82) is 0 Å². The topological polar surface area (TPSA) is 76.0 Å². The molecule has 2 aliphatic heterocycles. The summed E-state index contributed by atoms with van der Waals surface area (Å²) in [5.41, 5.74) is 2.45. The highest BCUT2D eigenvalue weighted by atomic mass is 16.7. The fraction of sp³-hybridized carbons (Fsp3) is 0.571. The van der Waals surface area contributed by atoms with Crippen LogP contribution in [0.25, 0.3) is 0 Å². The van der Waals surface area contributed by atoms with E-state index in [0.717, 1.165) is 6.42 Å². The number of hydroxylamine groups is 3. The second-order valence-electron chi connectivity index (χ2n) is 5.43. The van der Waals surface area contributed by atoms with Crippen LogP contribution in [0.5, 0.6) is 0 Å². The first-order valence-corrected chi connectivity index (χ1v) is 7.37. The van der Waals surface area contributed by atoms with E-state index in [-0.39, 0.29) is 18.0 Å². The van der Waals surface area contributed by atoms with E-state index in [1.165, 1.54) is 12.2 Å². The predicted molar refractivity (Wildman–Crippen MR) is 76.3 cm³/mol. The first kappa shape index (κ1) is 14.9. The van der Waals surface area contributed by atoms with Gasteiger partial charge in [0.25, 0.3) is 5.91 Å². The lowest BCUT2D eigenvalue weighted by molar-refractivity contribution is -0.139. The van der Waals surface area contributed by atoms with Gasteiger partial charge in [0.05, 0.1) is 19.8 Å². The molecule has 22 heavy (non-hydrogen) atoms. The van der Waals surface area contributed by atoms with Gasteiger partial charge in [0.1, 0.15) is 6.04 Å². The molecule has 0 radical (unpaired) electrons. The molecule has 1 N–H and O–H groups in total. The minimum atomic E-state index is -0.490. The number of hydrogen-bond donors (Lipinski definition) is 1. The normalized spacial score (nSPS) is 24.0. The highest BCUT2D eigenvalue weighted by molar-refractivity contribution is 5.87. The number of carbonyl (C=O) groups excluding carboxylic acids is 2. The van der Waals surface area contributed by atoms with Crippen LogP contribution in [0.15, 0.2) is 24.5 Å². The number of piperidine rings is 1. The molecule has 1 aromatic rings. The lowest BCUT2D eigenvalue weighted by atomic mass is 10.0. The molecular formula is C14H20N4O4. The molecule has 120 valence electrons. The Morgan fingerprint density at radius 3 is 2.86 bits per heavy atom. The summed E-state index contributed by atoms with van der Waals surface area (Å²) in [7, 11) is 1.47. The number of urea groups is 1. The van der Waals surface area contributed by atoms with E-state index in [4.69, 9.17) is 9.68 Å². The molecule has 1 aromatic heterocycles. The van der Waals surface area contributed by atoms with Crippen molar-refractivity contribution in [3.05, 3.63) is 24.5 Å². The quantitative estimate of drug-likeness (QED) is 0.608. The first-order chi connectivity index (χ1) is 10.7. The molecule has 2 saturated heterocycles. The first-order valence-electron chi connectivity index (χ1n) is 7.37. The summed E-state index contributed by atoms with van der Waals surface area (Å²) in [5.74, 6) is -0.280. The molecule has 0 saturated carbocycles. The molecule has 3 rings (SSSR count). The van der Waals surface area contributed by atoms with Gasteiger partial charge in [-0.15, -0.1) is 0 Å². The third kappa shape index (κ3) is 2.79. The molecule has 2 aliphatic rings. The van der Waals surface area contributed by atoms with Crippen LogP contribution < -0.4 is 5.48 Å². The van der Waals surface area contributed by atoms with Gasteiger partial charge in [0, 0.05) is 25.5 Å². The van der Waals surface area contributed by atoms with Gasteiger partial charge in [-0.3, -0.25) is 14.5 Å². The Bertz CT molecular complexity index is 533. The van der Waals surface area contributed by atoms with Crippen LogP contribution in [0.3, 0.4) is 0 Å². The van der Waals surface area contributed by atoms with Gasteiger partial charge in [-0.1, -0.05) is 0 Å². The lowest BCUT2D eigenvalue weighted by Crippen LogP contribution is -2.49. The molecule has 0 aliphatic carbocycles. The fourth-order valence-electron chi connectivity index (χ4n) is 3.00. The van der Waals surface area contributed by atoms with Gasteiger partial charge in [-0.25, -0.2) is 10.3 Å². The predicted octanol–water partition coefficient (Wildman–Crippen LogP) is 0.366. The number of carbonyl (C=O) groups is 2. The maximum absolute atomic E-state index is 12.2. The van der Waals surface area contributed by atoms with Crippen LogP contribution in [0.2, 0.25) is 0 Å². The van der Waals surface area contributed by atoms with Crippen LogP contribution in [0.1, 0.15) is 12.8 Å². The molecule has 8 nitrogen and oxygen atoms in total. The Morgan fingerprint density at radius 2 is 2.14 bits per heavy atom. The molecule has 3 amide bonds. The molecule has 2 atom stereocenters. The standard InChI is InChI=1S/C14H20N4O4/c1-21-18-11-4-5-12(17(10-11)14(18)20)13(19)15-22-9-8-16-6-2-3-7-16/h2-3,6-7,11-12H,4-5,8-10H2,1H3,(H,15,19)/t11-,12+/m1/s1. The van der Waals surface area contributed by atoms with Gasteiger partial charge < -0.3 is 9.47 Å². The van der Waals surface area contributed by atoms with E-state index in [0.29, 0.717) is 26.1 Å². The second kappa shape index (κ2) is 6.37. The summed E-state index contributed by atoms with van der Waals surface area (Å²) < 4.78 is 1.96. The molecule has 2 bridgehead atoms. The van der Waals surface area contributed by atoms with Gasteiger partial charge in [-0.2, -0.15) is 5.06 Å². The largest absolute Gasteiger partial charge is 0.352 e. The zero-order chi connectivity index (χ0) is 15.5. The molecule has 0 spiro atoms. The highest BCUT2D eigenvalue weighted by Crippen LogP contribution is 2.29. The van der Waals surface area contributed by atoms with E-state index in [2.05, 4.69) is 5.48 Å². The fourth-order valence-corrected chi connectivity index (χ4v) is 3.00. The lowest BCUT2D eigenvalue weighted by Gasteiger charge is -2.28. The van der Waals surface area contributed by atoms with E-state index in [1.807, 2.05) is 29.1 Å². The van der Waals surface area contributed by atoms with Crippen molar-refractivity contribution < 1.29 is 19.3 Å². The number of nitrogens with one attached hydrogen (secondary N) is 1. The zero-order valence-corrected chi connectivity index (χ0v) is 12.5. The van der Waals surface area contributed by atoms with Crippen molar-refractivity contribution in [3.8, 4) is 0 Å². The average molecular weight is 308 g/mol. The van der Waals surface area contributed by atoms with E-state index in [1.54, 1.807) is 4.90 Å². The SMILES string of the molecule is CON1C(=O)N2C[C@H]1CC[C@H]2C(=O)NOCCn1cccc1. The Kier molecular flexibility index (Phi) is 4.30. The van der Waals surface area contributed by atoms with Crippen LogP contribution in [-0.4, -0.2) is 58.8 Å². The minimum absolute atomic E-state index is 0.0382. The second-order valence-corrected chi connectivity index (χ2v) is 5.43. The average Bonchev–Trinajstić information content (AvgIpc) is 3.12. The Balaban J connectivity index is 1.47. The maximum Gasteiger partial charge on any atom is 0.345 e. The van der Waals surface area contributed by atoms with E-state index < -0.39 is 6.04 Å². The van der Waals surface area contributed by atoms with Crippen molar-refractivity contribution in [1.82, 2.24) is 20.0 Å². The summed E-state index contributed by atoms with van der Waals surface area (Å²) >= 11 is 0. The summed E-state index contributed by atoms with van der Waals surface area (Å²) in [4.78, 5) is 36.2. The van der Waals surface area contributed by atoms with E-state index >= 15 is 0 Å². The molecule has 2 fully saturated rings. The maximum atomic E-state index is 12.2. The molecule has 8 heteroatoms. The smallest absolute Gasteiger partial charge is 0.345 e. The third-order valence-electron chi connectivity index (χ3n) is 4.11. The summed E-state index contributed by atoms with van der Waals surface area (Å²) in [5, 5.41) is 1.35. The van der Waals surface area contributed by atoms with Crippen LogP contribution in [-0.2, 0) is 21.0 Å². The van der Waals surface area contributed by atoms with Crippen molar-refractivity contribution in [2.75, 3.05) is 20.3 Å². The van der Waals surface area contributed by atoms with Gasteiger partial charge in [0.2, 0.25) is 0 Å². The van der Waals surface area contributed by atoms with Gasteiger partial charge in [0.15, 0.2) is 0 Å². The number of fused-ring (bicyclic) bond motifs is 2. The number of hydrogen-bond acceptors (Lipinski definition) is 4. The summed E-state index contributed by atoms with van der Waals surface area (Å²) in [6.07, 6.45) is 5.21. The summed E-state index contributed by atoms with van der Waals surface area (Å²) in [6, 6.07) is 3.15. The monoisotopic (exact) mass is 308 g/mol. The molecular weight excluding hydrogens is 288 g/mol. The van der Waals surface area contributed by atoms with Crippen molar-refractivity contribution in [3.63, 3.8) is 0 Å². The number of amides is 3. The number of aromatic nitrogens is 1. The van der Waals surface area contributed by atoms with Gasteiger partial charge >= 0.3 is 6.03 Å². The van der Waals surface area contributed by atoms with Crippen molar-refractivity contribution in [2.24, 2.45) is 0 Å². The minimum Gasteiger partial charge on any atom is -0.352 e. The Morgan fingerprint density at radius 1 is 1.36 bits per heavy atom. The van der Waals surface area contributed by atoms with Crippen LogP contribution in [0, 0.1) is 0 Å². The van der Waals surface area contributed by atoms with Crippen LogP contribution in [0.4, 0.5) is 4.79 Å².